The van der Waals surface area contributed by atoms with Gasteiger partial charge in [-0.3, -0.25) is 4.98 Å². The van der Waals surface area contributed by atoms with Gasteiger partial charge in [-0.15, -0.1) is 0 Å². The van der Waals surface area contributed by atoms with Crippen LogP contribution in [0.2, 0.25) is 0 Å². The highest BCUT2D eigenvalue weighted by Crippen LogP contribution is 2.23. The summed E-state index contributed by atoms with van der Waals surface area (Å²) in [4.78, 5) is 14.7. The number of carbonyl (C=O) groups is 1. The van der Waals surface area contributed by atoms with Crippen LogP contribution in [0.25, 0.3) is 0 Å². The number of carboxylic acid groups (broad SMARTS) is 1. The summed E-state index contributed by atoms with van der Waals surface area (Å²) in [5, 5.41) is 11.9. The summed E-state index contributed by atoms with van der Waals surface area (Å²) < 4.78 is 22.9. The Balaban J connectivity index is 1.97. The Morgan fingerprint density at radius 2 is 2.26 bits per heavy atom. The Hall–Kier alpha value is -1.47. The van der Waals surface area contributed by atoms with E-state index in [4.69, 9.17) is 5.11 Å². The normalized spacial score (nSPS) is 25.3. The van der Waals surface area contributed by atoms with Crippen LogP contribution in [-0.4, -0.2) is 41.5 Å². The molecule has 0 radical (unpaired) electrons. The van der Waals surface area contributed by atoms with Crippen molar-refractivity contribution in [1.82, 2.24) is 10.3 Å². The third-order valence-corrected chi connectivity index (χ3v) is 5.17. The van der Waals surface area contributed by atoms with Gasteiger partial charge in [0.2, 0.25) is 0 Å². The third kappa shape index (κ3) is 3.51. The molecule has 1 aromatic heterocycles. The number of pyridine rings is 1. The van der Waals surface area contributed by atoms with Crippen LogP contribution in [0.1, 0.15) is 29.4 Å². The SMILES string of the molecule is CC1(NCc2ccc(C(=O)O)cn2)CCS(=O)(=O)C1. The van der Waals surface area contributed by atoms with Crippen molar-refractivity contribution >= 4 is 15.8 Å². The topological polar surface area (TPSA) is 96.4 Å². The van der Waals surface area contributed by atoms with E-state index in [0.29, 0.717) is 18.7 Å². The monoisotopic (exact) mass is 284 g/mol. The maximum absolute atomic E-state index is 11.5. The predicted molar refractivity (Wildman–Crippen MR) is 69.7 cm³/mol. The molecule has 2 heterocycles. The van der Waals surface area contributed by atoms with Crippen molar-refractivity contribution in [3.8, 4) is 0 Å². The molecule has 6 nitrogen and oxygen atoms in total. The molecule has 0 saturated carbocycles. The summed E-state index contributed by atoms with van der Waals surface area (Å²) in [5.74, 6) is -0.671. The Bertz CT molecular complexity index is 582. The predicted octanol–water partition coefficient (Wildman–Crippen LogP) is 0.447. The van der Waals surface area contributed by atoms with Gasteiger partial charge in [0.25, 0.3) is 0 Å². The first-order valence-electron chi connectivity index (χ1n) is 5.93. The lowest BCUT2D eigenvalue weighted by atomic mass is 10.0. The van der Waals surface area contributed by atoms with Gasteiger partial charge < -0.3 is 10.4 Å². The van der Waals surface area contributed by atoms with Crippen molar-refractivity contribution < 1.29 is 18.3 Å². The molecule has 19 heavy (non-hydrogen) atoms. The second kappa shape index (κ2) is 4.90. The van der Waals surface area contributed by atoms with Crippen molar-refractivity contribution in [1.29, 1.82) is 0 Å². The van der Waals surface area contributed by atoms with Gasteiger partial charge in [0.1, 0.15) is 0 Å². The molecule has 0 aliphatic carbocycles. The zero-order valence-corrected chi connectivity index (χ0v) is 11.4. The summed E-state index contributed by atoms with van der Waals surface area (Å²) >= 11 is 0. The highest BCUT2D eigenvalue weighted by molar-refractivity contribution is 7.91. The lowest BCUT2D eigenvalue weighted by Gasteiger charge is -2.23. The van der Waals surface area contributed by atoms with Gasteiger partial charge in [-0.2, -0.15) is 0 Å². The maximum atomic E-state index is 11.5. The van der Waals surface area contributed by atoms with Crippen LogP contribution >= 0.6 is 0 Å². The smallest absolute Gasteiger partial charge is 0.337 e. The van der Waals surface area contributed by atoms with Crippen molar-refractivity contribution in [3.05, 3.63) is 29.6 Å². The second-order valence-electron chi connectivity index (χ2n) is 5.10. The molecule has 0 bridgehead atoms. The molecule has 7 heteroatoms. The fourth-order valence-electron chi connectivity index (χ4n) is 2.11. The Labute approximate surface area is 111 Å². The van der Waals surface area contributed by atoms with E-state index in [2.05, 4.69) is 10.3 Å². The van der Waals surface area contributed by atoms with Gasteiger partial charge in [-0.1, -0.05) is 0 Å². The minimum absolute atomic E-state index is 0.132. The average Bonchev–Trinajstić information content (AvgIpc) is 2.62. The first-order valence-corrected chi connectivity index (χ1v) is 7.76. The molecule has 1 fully saturated rings. The molecule has 0 amide bonds. The average molecular weight is 284 g/mol. The third-order valence-electron chi connectivity index (χ3n) is 3.27. The van der Waals surface area contributed by atoms with Crippen LogP contribution in [0.15, 0.2) is 18.3 Å². The van der Waals surface area contributed by atoms with Crippen LogP contribution in [0.5, 0.6) is 0 Å². The van der Waals surface area contributed by atoms with Gasteiger partial charge in [-0.25, -0.2) is 13.2 Å². The molecule has 2 rings (SSSR count). The highest BCUT2D eigenvalue weighted by Gasteiger charge is 2.37. The van der Waals surface area contributed by atoms with Crippen LogP contribution in [0, 0.1) is 0 Å². The van der Waals surface area contributed by atoms with Gasteiger partial charge in [-0.05, 0) is 25.5 Å². The fourth-order valence-corrected chi connectivity index (χ4v) is 4.23. The van der Waals surface area contributed by atoms with E-state index in [1.807, 2.05) is 6.92 Å². The summed E-state index contributed by atoms with van der Waals surface area (Å²) in [6.07, 6.45) is 1.88. The van der Waals surface area contributed by atoms with E-state index in [0.717, 1.165) is 0 Å². The molecule has 0 aromatic carbocycles. The summed E-state index contributed by atoms with van der Waals surface area (Å²) in [5.41, 5.74) is 0.403. The van der Waals surface area contributed by atoms with E-state index in [1.165, 1.54) is 12.3 Å². The lowest BCUT2D eigenvalue weighted by molar-refractivity contribution is 0.0696. The van der Waals surface area contributed by atoms with E-state index < -0.39 is 21.3 Å². The highest BCUT2D eigenvalue weighted by atomic mass is 32.2. The number of hydrogen-bond donors (Lipinski definition) is 2. The number of aromatic nitrogens is 1. The Morgan fingerprint density at radius 1 is 1.53 bits per heavy atom. The van der Waals surface area contributed by atoms with Gasteiger partial charge >= 0.3 is 5.97 Å². The molecule has 104 valence electrons. The van der Waals surface area contributed by atoms with E-state index in [1.54, 1.807) is 6.07 Å². The zero-order chi connectivity index (χ0) is 14.1. The number of aromatic carboxylic acids is 1. The molecule has 1 aliphatic heterocycles. The van der Waals surface area contributed by atoms with E-state index >= 15 is 0 Å². The molecule has 1 aliphatic rings. The summed E-state index contributed by atoms with van der Waals surface area (Å²) in [6, 6.07) is 3.11. The summed E-state index contributed by atoms with van der Waals surface area (Å²) in [7, 11) is -2.94. The maximum Gasteiger partial charge on any atom is 0.337 e. The minimum Gasteiger partial charge on any atom is -0.478 e. The zero-order valence-electron chi connectivity index (χ0n) is 10.6. The minimum atomic E-state index is -2.94. The Kier molecular flexibility index (Phi) is 3.60. The fraction of sp³-hybridized carbons (Fsp3) is 0.500. The largest absolute Gasteiger partial charge is 0.478 e. The molecule has 2 N–H and O–H groups in total. The number of hydrogen-bond acceptors (Lipinski definition) is 5. The van der Waals surface area contributed by atoms with Crippen LogP contribution in [0.4, 0.5) is 0 Å². The number of nitrogens with one attached hydrogen (secondary N) is 1. The number of sulfone groups is 1. The molecule has 1 saturated heterocycles. The molecular formula is C12H16N2O4S. The first-order chi connectivity index (χ1) is 8.80. The molecular weight excluding hydrogens is 268 g/mol. The number of rotatable bonds is 4. The lowest BCUT2D eigenvalue weighted by Crippen LogP contribution is -2.43. The number of nitrogens with zero attached hydrogens (tertiary/aromatic N) is 1. The quantitative estimate of drug-likeness (QED) is 0.833. The van der Waals surface area contributed by atoms with Gasteiger partial charge in [0.05, 0.1) is 22.8 Å². The molecule has 1 aromatic rings. The van der Waals surface area contributed by atoms with Crippen molar-refractivity contribution in [2.45, 2.75) is 25.4 Å². The molecule has 1 unspecified atom stereocenters. The molecule has 0 spiro atoms. The van der Waals surface area contributed by atoms with E-state index in [9.17, 15) is 13.2 Å². The number of carboxylic acids is 1. The second-order valence-corrected chi connectivity index (χ2v) is 7.28. The summed E-state index contributed by atoms with van der Waals surface area (Å²) in [6.45, 7) is 2.30. The van der Waals surface area contributed by atoms with Crippen LogP contribution in [0.3, 0.4) is 0 Å². The van der Waals surface area contributed by atoms with Gasteiger partial charge in [0.15, 0.2) is 9.84 Å². The van der Waals surface area contributed by atoms with Crippen molar-refractivity contribution in [2.24, 2.45) is 0 Å². The first kappa shape index (κ1) is 14.0. The standard InChI is InChI=1S/C12H16N2O4S/c1-12(4-5-19(17,18)8-12)14-7-10-3-2-9(6-13-10)11(15)16/h2-3,6,14H,4-5,7-8H2,1H3,(H,15,16). The van der Waals surface area contributed by atoms with Gasteiger partial charge in [0, 0.05) is 18.3 Å². The van der Waals surface area contributed by atoms with Crippen molar-refractivity contribution in [2.75, 3.05) is 11.5 Å². The van der Waals surface area contributed by atoms with Crippen LogP contribution in [-0.2, 0) is 16.4 Å². The van der Waals surface area contributed by atoms with E-state index in [-0.39, 0.29) is 17.1 Å². The van der Waals surface area contributed by atoms with Crippen LogP contribution < -0.4 is 5.32 Å². The van der Waals surface area contributed by atoms with Crippen molar-refractivity contribution in [3.63, 3.8) is 0 Å². The molecule has 1 atom stereocenters. The Morgan fingerprint density at radius 3 is 2.74 bits per heavy atom.